The fourth-order valence-corrected chi connectivity index (χ4v) is 1.69. The number of carboxylic acids is 1. The Balaban J connectivity index is 2.61. The molecule has 21 heavy (non-hydrogen) atoms. The molecule has 116 valence electrons. The molecule has 1 rings (SSSR count). The molecule has 0 unspecified atom stereocenters. The number of nitrogens with zero attached hydrogens (tertiary/aromatic N) is 1. The summed E-state index contributed by atoms with van der Waals surface area (Å²) in [6.45, 7) is 0.410. The van der Waals surface area contributed by atoms with Crippen LogP contribution in [0.2, 0.25) is 0 Å². The first-order valence-corrected chi connectivity index (χ1v) is 6.39. The van der Waals surface area contributed by atoms with Crippen molar-refractivity contribution in [2.45, 2.75) is 13.0 Å². The fourth-order valence-electron chi connectivity index (χ4n) is 1.69. The number of carbonyl (C=O) groups is 2. The third-order valence-corrected chi connectivity index (χ3v) is 2.93. The molecule has 0 fully saturated rings. The molecule has 0 heterocycles. The van der Waals surface area contributed by atoms with Gasteiger partial charge in [0.1, 0.15) is 11.5 Å². The number of amides is 2. The van der Waals surface area contributed by atoms with Gasteiger partial charge >= 0.3 is 12.0 Å². The molecule has 1 aromatic rings. The molecule has 7 heteroatoms. The molecule has 0 spiro atoms. The van der Waals surface area contributed by atoms with E-state index in [1.807, 2.05) is 0 Å². The number of aliphatic carboxylic acids is 1. The van der Waals surface area contributed by atoms with Crippen molar-refractivity contribution in [3.63, 3.8) is 0 Å². The van der Waals surface area contributed by atoms with E-state index in [4.69, 9.17) is 14.6 Å². The average molecular weight is 296 g/mol. The van der Waals surface area contributed by atoms with Gasteiger partial charge in [-0.2, -0.15) is 0 Å². The maximum atomic E-state index is 11.8. The van der Waals surface area contributed by atoms with Crippen LogP contribution in [0.3, 0.4) is 0 Å². The van der Waals surface area contributed by atoms with Gasteiger partial charge in [-0.05, 0) is 18.2 Å². The fraction of sp³-hybridized carbons (Fsp3) is 0.429. The molecule has 0 aliphatic carbocycles. The highest BCUT2D eigenvalue weighted by Gasteiger charge is 2.11. The Morgan fingerprint density at radius 2 is 2.00 bits per heavy atom. The normalized spacial score (nSPS) is 9.86. The largest absolute Gasteiger partial charge is 0.497 e. The van der Waals surface area contributed by atoms with Crippen LogP contribution in [-0.2, 0) is 11.3 Å². The minimum atomic E-state index is -0.941. The minimum absolute atomic E-state index is 0.0909. The Hall–Kier alpha value is -2.44. The van der Waals surface area contributed by atoms with E-state index in [0.29, 0.717) is 11.5 Å². The lowest BCUT2D eigenvalue weighted by Crippen LogP contribution is -2.38. The van der Waals surface area contributed by atoms with Gasteiger partial charge in [0.25, 0.3) is 0 Å². The predicted molar refractivity (Wildman–Crippen MR) is 76.7 cm³/mol. The summed E-state index contributed by atoms with van der Waals surface area (Å²) in [5.74, 6) is 0.368. The molecule has 1 aromatic carbocycles. The number of carbonyl (C=O) groups excluding carboxylic acids is 1. The predicted octanol–water partition coefficient (Wildman–Crippen LogP) is 1.32. The summed E-state index contributed by atoms with van der Waals surface area (Å²) >= 11 is 0. The molecule has 0 saturated heterocycles. The van der Waals surface area contributed by atoms with Crippen molar-refractivity contribution in [1.29, 1.82) is 0 Å². The molecule has 0 aliphatic heterocycles. The molecule has 2 N–H and O–H groups in total. The van der Waals surface area contributed by atoms with Crippen LogP contribution in [-0.4, -0.2) is 49.8 Å². The number of nitrogens with one attached hydrogen (secondary N) is 1. The Morgan fingerprint density at radius 3 is 2.57 bits per heavy atom. The Kier molecular flexibility index (Phi) is 6.32. The molecule has 0 aliphatic rings. The van der Waals surface area contributed by atoms with Crippen LogP contribution in [0.4, 0.5) is 4.79 Å². The van der Waals surface area contributed by atoms with Crippen LogP contribution in [0, 0.1) is 0 Å². The monoisotopic (exact) mass is 296 g/mol. The number of urea groups is 1. The van der Waals surface area contributed by atoms with Crippen molar-refractivity contribution >= 4 is 12.0 Å². The van der Waals surface area contributed by atoms with E-state index in [2.05, 4.69) is 5.32 Å². The first-order chi connectivity index (χ1) is 9.97. The van der Waals surface area contributed by atoms with Crippen molar-refractivity contribution < 1.29 is 24.2 Å². The number of rotatable bonds is 7. The van der Waals surface area contributed by atoms with Crippen molar-refractivity contribution in [3.8, 4) is 11.5 Å². The number of methoxy groups -OCH3 is 2. The van der Waals surface area contributed by atoms with Gasteiger partial charge in [-0.15, -0.1) is 0 Å². The topological polar surface area (TPSA) is 88.1 Å². The second kappa shape index (κ2) is 7.98. The highest BCUT2D eigenvalue weighted by molar-refractivity contribution is 5.75. The molecule has 2 amide bonds. The Bertz CT molecular complexity index is 504. The van der Waals surface area contributed by atoms with Gasteiger partial charge in [-0.3, -0.25) is 4.79 Å². The van der Waals surface area contributed by atoms with Gasteiger partial charge in [-0.25, -0.2) is 4.79 Å². The van der Waals surface area contributed by atoms with Gasteiger partial charge < -0.3 is 24.8 Å². The third kappa shape index (κ3) is 5.21. The second-order valence-corrected chi connectivity index (χ2v) is 4.40. The SMILES string of the molecule is COc1ccc(OC)c(CNC(=O)N(C)CCC(=O)O)c1. The van der Waals surface area contributed by atoms with Gasteiger partial charge in [0.15, 0.2) is 0 Å². The second-order valence-electron chi connectivity index (χ2n) is 4.40. The van der Waals surface area contributed by atoms with E-state index >= 15 is 0 Å². The van der Waals surface area contributed by atoms with Gasteiger partial charge in [0.2, 0.25) is 0 Å². The lowest BCUT2D eigenvalue weighted by Gasteiger charge is -2.18. The summed E-state index contributed by atoms with van der Waals surface area (Å²) in [5, 5.41) is 11.3. The smallest absolute Gasteiger partial charge is 0.317 e. The Labute approximate surface area is 123 Å². The molecule has 7 nitrogen and oxygen atoms in total. The van der Waals surface area contributed by atoms with Crippen molar-refractivity contribution in [2.24, 2.45) is 0 Å². The molecule has 0 aromatic heterocycles. The van der Waals surface area contributed by atoms with E-state index in [1.165, 1.54) is 4.90 Å². The van der Waals surface area contributed by atoms with Crippen LogP contribution in [0.15, 0.2) is 18.2 Å². The first-order valence-electron chi connectivity index (χ1n) is 6.39. The zero-order valence-electron chi connectivity index (χ0n) is 12.4. The molecule has 0 atom stereocenters. The quantitative estimate of drug-likeness (QED) is 0.792. The number of hydrogen-bond donors (Lipinski definition) is 2. The van der Waals surface area contributed by atoms with E-state index in [9.17, 15) is 9.59 Å². The Morgan fingerprint density at radius 1 is 1.29 bits per heavy atom. The average Bonchev–Trinajstić information content (AvgIpc) is 2.49. The van der Waals surface area contributed by atoms with Crippen LogP contribution in [0.25, 0.3) is 0 Å². The molecule has 0 saturated carbocycles. The van der Waals surface area contributed by atoms with Crippen LogP contribution < -0.4 is 14.8 Å². The number of carboxylic acid groups (broad SMARTS) is 1. The lowest BCUT2D eigenvalue weighted by molar-refractivity contribution is -0.137. The number of benzene rings is 1. The zero-order valence-corrected chi connectivity index (χ0v) is 12.4. The van der Waals surface area contributed by atoms with Crippen molar-refractivity contribution in [2.75, 3.05) is 27.8 Å². The van der Waals surface area contributed by atoms with E-state index < -0.39 is 5.97 Å². The maximum Gasteiger partial charge on any atom is 0.317 e. The zero-order chi connectivity index (χ0) is 15.8. The van der Waals surface area contributed by atoms with Crippen LogP contribution in [0.1, 0.15) is 12.0 Å². The summed E-state index contributed by atoms with van der Waals surface area (Å²) in [7, 11) is 4.65. The minimum Gasteiger partial charge on any atom is -0.497 e. The van der Waals surface area contributed by atoms with E-state index in [0.717, 1.165) is 5.56 Å². The van der Waals surface area contributed by atoms with E-state index in [-0.39, 0.29) is 25.5 Å². The van der Waals surface area contributed by atoms with Crippen LogP contribution in [0.5, 0.6) is 11.5 Å². The summed E-state index contributed by atoms with van der Waals surface area (Å²) in [6.07, 6.45) is -0.0909. The van der Waals surface area contributed by atoms with E-state index in [1.54, 1.807) is 39.5 Å². The molecule has 0 bridgehead atoms. The third-order valence-electron chi connectivity index (χ3n) is 2.93. The number of hydrogen-bond acceptors (Lipinski definition) is 4. The summed E-state index contributed by atoms with van der Waals surface area (Å²) in [5.41, 5.74) is 0.775. The standard InChI is InChI=1S/C14H20N2O5/c1-16(7-6-13(17)18)14(19)15-9-10-8-11(20-2)4-5-12(10)21-3/h4-5,8H,6-7,9H2,1-3H3,(H,15,19)(H,17,18). The summed E-state index contributed by atoms with van der Waals surface area (Å²) in [6, 6.07) is 4.95. The van der Waals surface area contributed by atoms with Crippen molar-refractivity contribution in [1.82, 2.24) is 10.2 Å². The number of ether oxygens (including phenoxy) is 2. The lowest BCUT2D eigenvalue weighted by atomic mass is 10.2. The highest BCUT2D eigenvalue weighted by Crippen LogP contribution is 2.23. The van der Waals surface area contributed by atoms with Crippen LogP contribution >= 0.6 is 0 Å². The van der Waals surface area contributed by atoms with Gasteiger partial charge in [0, 0.05) is 25.7 Å². The highest BCUT2D eigenvalue weighted by atomic mass is 16.5. The molecular formula is C14H20N2O5. The molecule has 0 radical (unpaired) electrons. The first kappa shape index (κ1) is 16.6. The molecular weight excluding hydrogens is 276 g/mol. The maximum absolute atomic E-state index is 11.8. The summed E-state index contributed by atoms with van der Waals surface area (Å²) < 4.78 is 10.3. The van der Waals surface area contributed by atoms with Crippen molar-refractivity contribution in [3.05, 3.63) is 23.8 Å². The van der Waals surface area contributed by atoms with Gasteiger partial charge in [-0.1, -0.05) is 0 Å². The summed E-state index contributed by atoms with van der Waals surface area (Å²) in [4.78, 5) is 23.6. The van der Waals surface area contributed by atoms with Gasteiger partial charge in [0.05, 0.1) is 20.6 Å².